The molecule has 0 fully saturated rings. The van der Waals surface area contributed by atoms with Crippen molar-refractivity contribution in [1.29, 1.82) is 0 Å². The smallest absolute Gasteiger partial charge is 0.254 e. The molecule has 0 saturated carbocycles. The van der Waals surface area contributed by atoms with E-state index in [-0.39, 0.29) is 18.4 Å². The second kappa shape index (κ2) is 10.3. The topological polar surface area (TPSA) is 71.5 Å². The fourth-order valence-corrected chi connectivity index (χ4v) is 3.12. The second-order valence-electron chi connectivity index (χ2n) is 5.17. The van der Waals surface area contributed by atoms with Gasteiger partial charge < -0.3 is 15.0 Å². The van der Waals surface area contributed by atoms with E-state index in [1.807, 2.05) is 13.0 Å². The van der Waals surface area contributed by atoms with Gasteiger partial charge in [-0.05, 0) is 31.5 Å². The van der Waals surface area contributed by atoms with Crippen LogP contribution in [0.15, 0.2) is 40.3 Å². The van der Waals surface area contributed by atoms with Gasteiger partial charge in [-0.1, -0.05) is 22.0 Å². The molecule has 1 heterocycles. The molecule has 2 amide bonds. The lowest BCUT2D eigenvalue weighted by atomic mass is 10.2. The van der Waals surface area contributed by atoms with Crippen LogP contribution in [0.1, 0.15) is 23.7 Å². The number of hydrogen-bond donors (Lipinski definition) is 1. The normalized spacial score (nSPS) is 10.5. The van der Waals surface area contributed by atoms with E-state index < -0.39 is 0 Å². The summed E-state index contributed by atoms with van der Waals surface area (Å²) in [6, 6.07) is 7.13. The number of carbonyl (C=O) groups is 2. The maximum Gasteiger partial charge on any atom is 0.254 e. The van der Waals surface area contributed by atoms with Crippen LogP contribution in [0.2, 0.25) is 0 Å². The number of benzene rings is 1. The molecule has 0 atom stereocenters. The summed E-state index contributed by atoms with van der Waals surface area (Å²) >= 11 is 4.70. The van der Waals surface area contributed by atoms with E-state index in [4.69, 9.17) is 4.74 Å². The fourth-order valence-electron chi connectivity index (χ4n) is 2.18. The van der Waals surface area contributed by atoms with Crippen molar-refractivity contribution in [3.63, 3.8) is 0 Å². The SMILES string of the molecule is CCOCCCN(CC(=O)Nc1nccs1)C(=O)c1cccc(Br)c1. The summed E-state index contributed by atoms with van der Waals surface area (Å²) in [5, 5.41) is 5.01. The molecule has 2 rings (SSSR count). The zero-order chi connectivity index (χ0) is 18.1. The van der Waals surface area contributed by atoms with E-state index in [0.717, 1.165) is 4.47 Å². The summed E-state index contributed by atoms with van der Waals surface area (Å²) < 4.78 is 6.14. The molecular weight excluding hydrogens is 406 g/mol. The molecule has 0 bridgehead atoms. The Kier molecular flexibility index (Phi) is 8.03. The minimum atomic E-state index is -0.269. The van der Waals surface area contributed by atoms with Crippen LogP contribution in [0.25, 0.3) is 0 Å². The maximum atomic E-state index is 12.8. The molecule has 1 N–H and O–H groups in total. The van der Waals surface area contributed by atoms with Crippen molar-refractivity contribution in [2.45, 2.75) is 13.3 Å². The van der Waals surface area contributed by atoms with E-state index in [1.165, 1.54) is 16.2 Å². The zero-order valence-electron chi connectivity index (χ0n) is 13.9. The number of rotatable bonds is 9. The molecule has 1 aromatic heterocycles. The van der Waals surface area contributed by atoms with E-state index >= 15 is 0 Å². The molecule has 6 nitrogen and oxygen atoms in total. The number of amides is 2. The summed E-state index contributed by atoms with van der Waals surface area (Å²) in [5.74, 6) is -0.457. The second-order valence-corrected chi connectivity index (χ2v) is 6.98. The van der Waals surface area contributed by atoms with Crippen LogP contribution in [0.5, 0.6) is 0 Å². The summed E-state index contributed by atoms with van der Waals surface area (Å²) in [7, 11) is 0. The first kappa shape index (κ1) is 19.6. The molecule has 134 valence electrons. The monoisotopic (exact) mass is 425 g/mol. The average Bonchev–Trinajstić information content (AvgIpc) is 3.10. The van der Waals surface area contributed by atoms with Gasteiger partial charge in [0.1, 0.15) is 6.54 Å². The van der Waals surface area contributed by atoms with E-state index in [9.17, 15) is 9.59 Å². The first-order chi connectivity index (χ1) is 12.1. The molecule has 0 aliphatic carbocycles. The highest BCUT2D eigenvalue weighted by molar-refractivity contribution is 9.10. The number of carbonyl (C=O) groups excluding carboxylic acids is 2. The Morgan fingerprint density at radius 2 is 2.24 bits per heavy atom. The van der Waals surface area contributed by atoms with E-state index in [2.05, 4.69) is 26.2 Å². The van der Waals surface area contributed by atoms with E-state index in [1.54, 1.807) is 29.8 Å². The molecule has 25 heavy (non-hydrogen) atoms. The molecule has 0 unspecified atom stereocenters. The van der Waals surface area contributed by atoms with Crippen LogP contribution >= 0.6 is 27.3 Å². The van der Waals surface area contributed by atoms with Crippen molar-refractivity contribution >= 4 is 44.2 Å². The van der Waals surface area contributed by atoms with Gasteiger partial charge in [-0.3, -0.25) is 9.59 Å². The number of hydrogen-bond acceptors (Lipinski definition) is 5. The van der Waals surface area contributed by atoms with Crippen LogP contribution in [0.4, 0.5) is 5.13 Å². The number of nitrogens with one attached hydrogen (secondary N) is 1. The number of ether oxygens (including phenoxy) is 1. The number of nitrogens with zero attached hydrogens (tertiary/aromatic N) is 2. The summed E-state index contributed by atoms with van der Waals surface area (Å²) in [5.41, 5.74) is 0.535. The third-order valence-corrected chi connectivity index (χ3v) is 4.47. The highest BCUT2D eigenvalue weighted by Crippen LogP contribution is 2.15. The van der Waals surface area contributed by atoms with Gasteiger partial charge in [0, 0.05) is 41.4 Å². The highest BCUT2D eigenvalue weighted by Gasteiger charge is 2.19. The predicted octanol–water partition coefficient (Wildman–Crippen LogP) is 3.41. The molecule has 0 radical (unpaired) electrons. The summed E-state index contributed by atoms with van der Waals surface area (Å²) in [6.07, 6.45) is 2.28. The lowest BCUT2D eigenvalue weighted by molar-refractivity contribution is -0.116. The van der Waals surface area contributed by atoms with E-state index in [0.29, 0.717) is 36.9 Å². The number of halogens is 1. The van der Waals surface area contributed by atoms with Gasteiger partial charge in [-0.25, -0.2) is 4.98 Å². The van der Waals surface area contributed by atoms with Gasteiger partial charge in [-0.2, -0.15) is 0 Å². The quantitative estimate of drug-likeness (QED) is 0.624. The predicted molar refractivity (Wildman–Crippen MR) is 102 cm³/mol. The van der Waals surface area contributed by atoms with Gasteiger partial charge >= 0.3 is 0 Å². The first-order valence-electron chi connectivity index (χ1n) is 7.92. The van der Waals surface area contributed by atoms with Crippen LogP contribution in [-0.4, -0.2) is 48.0 Å². The van der Waals surface area contributed by atoms with Crippen molar-refractivity contribution < 1.29 is 14.3 Å². The lowest BCUT2D eigenvalue weighted by Crippen LogP contribution is -2.39. The van der Waals surface area contributed by atoms with Crippen LogP contribution in [0.3, 0.4) is 0 Å². The van der Waals surface area contributed by atoms with Crippen LogP contribution in [-0.2, 0) is 9.53 Å². The minimum absolute atomic E-state index is 0.0307. The average molecular weight is 426 g/mol. The number of anilines is 1. The van der Waals surface area contributed by atoms with Crippen molar-refractivity contribution in [2.75, 3.05) is 31.6 Å². The number of thiazole rings is 1. The Balaban J connectivity index is 2.03. The fraction of sp³-hybridized carbons (Fsp3) is 0.353. The molecule has 2 aromatic rings. The summed E-state index contributed by atoms with van der Waals surface area (Å²) in [6.45, 7) is 3.51. The van der Waals surface area contributed by atoms with Gasteiger partial charge in [0.15, 0.2) is 5.13 Å². The largest absolute Gasteiger partial charge is 0.382 e. The molecule has 0 aliphatic heterocycles. The summed E-state index contributed by atoms with van der Waals surface area (Å²) in [4.78, 5) is 30.6. The highest BCUT2D eigenvalue weighted by atomic mass is 79.9. The molecule has 1 aromatic carbocycles. The first-order valence-corrected chi connectivity index (χ1v) is 9.59. The molecule has 8 heteroatoms. The van der Waals surface area contributed by atoms with Crippen molar-refractivity contribution in [2.24, 2.45) is 0 Å². The van der Waals surface area contributed by atoms with Gasteiger partial charge in [-0.15, -0.1) is 11.3 Å². The van der Waals surface area contributed by atoms with Gasteiger partial charge in [0.05, 0.1) is 0 Å². The standard InChI is InChI=1S/C17H20BrN3O3S/c1-2-24-9-4-8-21(12-15(22)20-17-19-7-10-25-17)16(23)13-5-3-6-14(18)11-13/h3,5-7,10-11H,2,4,8-9,12H2,1H3,(H,19,20,22). The Morgan fingerprint density at radius 1 is 1.40 bits per heavy atom. The Bertz CT molecular complexity index is 694. The van der Waals surface area contributed by atoms with Crippen LogP contribution in [0, 0.1) is 0 Å². The third-order valence-electron chi connectivity index (χ3n) is 3.29. The molecule has 0 spiro atoms. The molecule has 0 aliphatic rings. The zero-order valence-corrected chi connectivity index (χ0v) is 16.3. The van der Waals surface area contributed by atoms with Crippen molar-refractivity contribution in [3.8, 4) is 0 Å². The van der Waals surface area contributed by atoms with Gasteiger partial charge in [0.2, 0.25) is 5.91 Å². The van der Waals surface area contributed by atoms with Crippen molar-refractivity contribution in [1.82, 2.24) is 9.88 Å². The maximum absolute atomic E-state index is 12.8. The Labute approximate surface area is 159 Å². The van der Waals surface area contributed by atoms with Crippen LogP contribution < -0.4 is 5.32 Å². The lowest BCUT2D eigenvalue weighted by Gasteiger charge is -2.22. The third kappa shape index (κ3) is 6.56. The Morgan fingerprint density at radius 3 is 2.92 bits per heavy atom. The number of aromatic nitrogens is 1. The Hall–Kier alpha value is -1.77. The van der Waals surface area contributed by atoms with Crippen molar-refractivity contribution in [3.05, 3.63) is 45.9 Å². The van der Waals surface area contributed by atoms with Gasteiger partial charge in [0.25, 0.3) is 5.91 Å². The molecule has 0 saturated heterocycles. The minimum Gasteiger partial charge on any atom is -0.382 e. The molecular formula is C17H20BrN3O3S.